The maximum Gasteiger partial charge on any atom is 0.123 e. The van der Waals surface area contributed by atoms with Crippen molar-refractivity contribution in [1.29, 1.82) is 0 Å². The standard InChI is InChI=1S/C24H16Cl2FN3/c25-17-5-1-15(2-6-17)13-30-14-29-23(16-3-8-19(27)9-4-16)24(30)21-12-28-22-11-18(26)7-10-20(21)22/h1-12,14,28H,13H2. The van der Waals surface area contributed by atoms with E-state index >= 15 is 0 Å². The fraction of sp³-hybridized carbons (Fsp3) is 0.0417. The third-order valence-electron chi connectivity index (χ3n) is 5.12. The van der Waals surface area contributed by atoms with Crippen LogP contribution in [-0.2, 0) is 6.54 Å². The molecule has 148 valence electrons. The third-order valence-corrected chi connectivity index (χ3v) is 5.61. The highest BCUT2D eigenvalue weighted by Crippen LogP contribution is 2.37. The summed E-state index contributed by atoms with van der Waals surface area (Å²) in [6.45, 7) is 0.626. The molecular formula is C24H16Cl2FN3. The van der Waals surface area contributed by atoms with Gasteiger partial charge in [0.05, 0.1) is 17.7 Å². The molecule has 6 heteroatoms. The lowest BCUT2D eigenvalue weighted by atomic mass is 10.0. The van der Waals surface area contributed by atoms with E-state index in [1.54, 1.807) is 12.1 Å². The quantitative estimate of drug-likeness (QED) is 0.318. The first kappa shape index (κ1) is 18.9. The average Bonchev–Trinajstić information content (AvgIpc) is 3.33. The number of benzene rings is 3. The Kier molecular flexibility index (Phi) is 4.81. The SMILES string of the molecule is Fc1ccc(-c2ncn(Cc3ccc(Cl)cc3)c2-c2c[nH]c3cc(Cl)ccc23)cc1. The molecule has 5 aromatic rings. The predicted molar refractivity (Wildman–Crippen MR) is 120 cm³/mol. The van der Waals surface area contributed by atoms with Crippen molar-refractivity contribution in [3.05, 3.63) is 101 Å². The van der Waals surface area contributed by atoms with Crippen molar-refractivity contribution < 1.29 is 4.39 Å². The first-order chi connectivity index (χ1) is 14.6. The smallest absolute Gasteiger partial charge is 0.123 e. The Hall–Kier alpha value is -3.08. The number of aromatic nitrogens is 3. The lowest BCUT2D eigenvalue weighted by molar-refractivity contribution is 0.628. The maximum atomic E-state index is 13.5. The van der Waals surface area contributed by atoms with Crippen molar-refractivity contribution in [2.45, 2.75) is 6.54 Å². The van der Waals surface area contributed by atoms with Gasteiger partial charge in [0.15, 0.2) is 0 Å². The second-order valence-electron chi connectivity index (χ2n) is 7.10. The van der Waals surface area contributed by atoms with Gasteiger partial charge >= 0.3 is 0 Å². The number of hydrogen-bond donors (Lipinski definition) is 1. The van der Waals surface area contributed by atoms with Gasteiger partial charge in [0.1, 0.15) is 5.82 Å². The summed E-state index contributed by atoms with van der Waals surface area (Å²) in [4.78, 5) is 7.99. The highest BCUT2D eigenvalue weighted by molar-refractivity contribution is 6.31. The van der Waals surface area contributed by atoms with E-state index in [9.17, 15) is 4.39 Å². The lowest BCUT2D eigenvalue weighted by Crippen LogP contribution is -2.00. The zero-order valence-electron chi connectivity index (χ0n) is 15.7. The van der Waals surface area contributed by atoms with Gasteiger partial charge in [-0.2, -0.15) is 0 Å². The van der Waals surface area contributed by atoms with Crippen LogP contribution in [-0.4, -0.2) is 14.5 Å². The van der Waals surface area contributed by atoms with Crippen molar-refractivity contribution >= 4 is 34.1 Å². The van der Waals surface area contributed by atoms with Gasteiger partial charge in [0, 0.05) is 44.8 Å². The Bertz CT molecular complexity index is 1340. The van der Waals surface area contributed by atoms with Gasteiger partial charge in [0.2, 0.25) is 0 Å². The van der Waals surface area contributed by atoms with E-state index in [2.05, 4.69) is 14.5 Å². The molecule has 5 rings (SSSR count). The molecule has 30 heavy (non-hydrogen) atoms. The highest BCUT2D eigenvalue weighted by atomic mass is 35.5. The van der Waals surface area contributed by atoms with Crippen LogP contribution in [0.3, 0.4) is 0 Å². The van der Waals surface area contributed by atoms with Gasteiger partial charge in [-0.05, 0) is 54.1 Å². The molecule has 0 radical (unpaired) electrons. The molecule has 1 N–H and O–H groups in total. The van der Waals surface area contributed by atoms with E-state index in [1.807, 2.05) is 55.0 Å². The molecule has 3 nitrogen and oxygen atoms in total. The van der Waals surface area contributed by atoms with Crippen molar-refractivity contribution in [3.8, 4) is 22.5 Å². The molecule has 0 aliphatic heterocycles. The molecule has 0 fully saturated rings. The summed E-state index contributed by atoms with van der Waals surface area (Å²) in [7, 11) is 0. The fourth-order valence-corrected chi connectivity index (χ4v) is 3.98. The Labute approximate surface area is 182 Å². The van der Waals surface area contributed by atoms with Crippen molar-refractivity contribution in [2.24, 2.45) is 0 Å². The minimum absolute atomic E-state index is 0.275. The second kappa shape index (κ2) is 7.63. The molecule has 2 heterocycles. The molecule has 0 aliphatic rings. The van der Waals surface area contributed by atoms with Gasteiger partial charge in [-0.1, -0.05) is 41.4 Å². The summed E-state index contributed by atoms with van der Waals surface area (Å²) in [5.74, 6) is -0.275. The van der Waals surface area contributed by atoms with E-state index in [-0.39, 0.29) is 5.82 Å². The summed E-state index contributed by atoms with van der Waals surface area (Å²) >= 11 is 12.2. The summed E-state index contributed by atoms with van der Waals surface area (Å²) in [6, 6.07) is 19.9. The summed E-state index contributed by atoms with van der Waals surface area (Å²) in [5, 5.41) is 2.41. The van der Waals surface area contributed by atoms with Crippen LogP contribution in [0.2, 0.25) is 10.0 Å². The molecule has 0 bridgehead atoms. The number of nitrogens with zero attached hydrogens (tertiary/aromatic N) is 2. The Morgan fingerprint density at radius 2 is 1.63 bits per heavy atom. The molecule has 0 atom stereocenters. The largest absolute Gasteiger partial charge is 0.360 e. The topological polar surface area (TPSA) is 33.6 Å². The molecule has 0 spiro atoms. The maximum absolute atomic E-state index is 13.5. The zero-order valence-corrected chi connectivity index (χ0v) is 17.3. The van der Waals surface area contributed by atoms with E-state index in [0.717, 1.165) is 39.0 Å². The number of nitrogens with one attached hydrogen (secondary N) is 1. The Morgan fingerprint density at radius 1 is 0.900 bits per heavy atom. The summed E-state index contributed by atoms with van der Waals surface area (Å²) in [5.41, 5.74) is 5.65. The lowest BCUT2D eigenvalue weighted by Gasteiger charge is -2.11. The molecule has 2 aromatic heterocycles. The van der Waals surface area contributed by atoms with Gasteiger partial charge in [-0.25, -0.2) is 9.37 Å². The first-order valence-electron chi connectivity index (χ1n) is 9.41. The molecule has 0 saturated carbocycles. The molecule has 3 aromatic carbocycles. The summed E-state index contributed by atoms with van der Waals surface area (Å²) < 4.78 is 15.6. The summed E-state index contributed by atoms with van der Waals surface area (Å²) in [6.07, 6.45) is 3.78. The van der Waals surface area contributed by atoms with Crippen molar-refractivity contribution in [2.75, 3.05) is 0 Å². The van der Waals surface area contributed by atoms with Crippen LogP contribution in [0.15, 0.2) is 79.3 Å². The number of rotatable bonds is 4. The third kappa shape index (κ3) is 3.49. The van der Waals surface area contributed by atoms with Gasteiger partial charge in [-0.3, -0.25) is 0 Å². The molecule has 0 saturated heterocycles. The van der Waals surface area contributed by atoms with E-state index < -0.39 is 0 Å². The van der Waals surface area contributed by atoms with Crippen LogP contribution in [0.5, 0.6) is 0 Å². The van der Waals surface area contributed by atoms with Crippen LogP contribution in [0.25, 0.3) is 33.4 Å². The minimum Gasteiger partial charge on any atom is -0.360 e. The Balaban J connectivity index is 1.69. The number of hydrogen-bond acceptors (Lipinski definition) is 1. The van der Waals surface area contributed by atoms with Crippen LogP contribution in [0, 0.1) is 5.82 Å². The van der Waals surface area contributed by atoms with E-state index in [0.29, 0.717) is 16.6 Å². The average molecular weight is 436 g/mol. The minimum atomic E-state index is -0.275. The zero-order chi connectivity index (χ0) is 20.7. The molecule has 0 aliphatic carbocycles. The monoisotopic (exact) mass is 435 g/mol. The van der Waals surface area contributed by atoms with Crippen molar-refractivity contribution in [1.82, 2.24) is 14.5 Å². The molecule has 0 unspecified atom stereocenters. The first-order valence-corrected chi connectivity index (χ1v) is 10.2. The van der Waals surface area contributed by atoms with Crippen LogP contribution in [0.4, 0.5) is 4.39 Å². The van der Waals surface area contributed by atoms with Gasteiger partial charge in [-0.15, -0.1) is 0 Å². The van der Waals surface area contributed by atoms with Crippen LogP contribution in [0.1, 0.15) is 5.56 Å². The van der Waals surface area contributed by atoms with Gasteiger partial charge < -0.3 is 9.55 Å². The fourth-order valence-electron chi connectivity index (χ4n) is 3.68. The van der Waals surface area contributed by atoms with Gasteiger partial charge in [0.25, 0.3) is 0 Å². The van der Waals surface area contributed by atoms with Crippen LogP contribution < -0.4 is 0 Å². The molecule has 0 amide bonds. The van der Waals surface area contributed by atoms with Crippen LogP contribution >= 0.6 is 23.2 Å². The molecular weight excluding hydrogens is 420 g/mol. The second-order valence-corrected chi connectivity index (χ2v) is 7.97. The normalized spacial score (nSPS) is 11.3. The number of imidazole rings is 1. The van der Waals surface area contributed by atoms with Crippen molar-refractivity contribution in [3.63, 3.8) is 0 Å². The van der Waals surface area contributed by atoms with E-state index in [1.165, 1.54) is 12.1 Å². The Morgan fingerprint density at radius 3 is 2.40 bits per heavy atom. The number of halogens is 3. The number of fused-ring (bicyclic) bond motifs is 1. The number of H-pyrrole nitrogens is 1. The highest BCUT2D eigenvalue weighted by Gasteiger charge is 2.19. The van der Waals surface area contributed by atoms with E-state index in [4.69, 9.17) is 23.2 Å². The number of aromatic amines is 1. The predicted octanol–water partition coefficient (Wildman–Crippen LogP) is 7.19.